The Morgan fingerprint density at radius 2 is 1.59 bits per heavy atom. The Kier molecular flexibility index (Phi) is 6.71. The Balaban J connectivity index is 1.72. The molecule has 2 aliphatic heterocycles. The van der Waals surface area contributed by atoms with Crippen molar-refractivity contribution in [3.8, 4) is 34.5 Å². The van der Waals surface area contributed by atoms with Crippen molar-refractivity contribution >= 4 is 5.97 Å². The number of fused-ring (bicyclic) bond motifs is 2. The van der Waals surface area contributed by atoms with Gasteiger partial charge >= 0.3 is 5.97 Å². The smallest absolute Gasteiger partial charge is 0.317 e. The minimum Gasteiger partial charge on any atom is -0.494 e. The van der Waals surface area contributed by atoms with E-state index in [4.69, 9.17) is 28.4 Å². The van der Waals surface area contributed by atoms with E-state index in [9.17, 15) is 9.90 Å². The molecular formula is C28H29NO8. The molecule has 0 aromatic heterocycles. The van der Waals surface area contributed by atoms with Crippen molar-refractivity contribution in [1.29, 1.82) is 0 Å². The Morgan fingerprint density at radius 1 is 0.892 bits per heavy atom. The largest absolute Gasteiger partial charge is 0.494 e. The van der Waals surface area contributed by atoms with Gasteiger partial charge in [-0.1, -0.05) is 12.1 Å². The molecule has 0 unspecified atom stereocenters. The van der Waals surface area contributed by atoms with E-state index in [0.29, 0.717) is 41.1 Å². The maximum Gasteiger partial charge on any atom is 0.317 e. The number of rotatable bonds is 9. The minimum atomic E-state index is -0.943. The third-order valence-electron chi connectivity index (χ3n) is 6.65. The van der Waals surface area contributed by atoms with Gasteiger partial charge in [0.15, 0.2) is 23.0 Å². The molecular weight excluding hydrogens is 478 g/mol. The van der Waals surface area contributed by atoms with E-state index in [1.165, 1.54) is 0 Å². The fraction of sp³-hybridized carbons (Fsp3) is 0.321. The Morgan fingerprint density at radius 3 is 2.24 bits per heavy atom. The molecule has 3 aromatic carbocycles. The van der Waals surface area contributed by atoms with Crippen LogP contribution in [0.3, 0.4) is 0 Å². The van der Waals surface area contributed by atoms with Crippen LogP contribution >= 0.6 is 0 Å². The lowest BCUT2D eigenvalue weighted by atomic mass is 9.94. The second kappa shape index (κ2) is 10.1. The zero-order valence-corrected chi connectivity index (χ0v) is 21.1. The first-order valence-corrected chi connectivity index (χ1v) is 11.9. The lowest BCUT2D eigenvalue weighted by Gasteiger charge is -2.30. The zero-order chi connectivity index (χ0) is 26.1. The van der Waals surface area contributed by atoms with Crippen molar-refractivity contribution in [1.82, 2.24) is 4.90 Å². The number of hydrogen-bond acceptors (Lipinski definition) is 8. The highest BCUT2D eigenvalue weighted by Gasteiger charge is 2.42. The van der Waals surface area contributed by atoms with E-state index in [0.717, 1.165) is 22.3 Å². The van der Waals surface area contributed by atoms with E-state index in [-0.39, 0.29) is 19.4 Å². The average Bonchev–Trinajstić information content (AvgIpc) is 3.49. The molecule has 2 aliphatic rings. The summed E-state index contributed by atoms with van der Waals surface area (Å²) in [6, 6.07) is 14.5. The van der Waals surface area contributed by atoms with Gasteiger partial charge < -0.3 is 33.5 Å². The number of aliphatic carboxylic acids is 1. The van der Waals surface area contributed by atoms with Gasteiger partial charge in [0, 0.05) is 0 Å². The van der Waals surface area contributed by atoms with Crippen LogP contribution < -0.4 is 28.4 Å². The highest BCUT2D eigenvalue weighted by Crippen LogP contribution is 2.52. The molecule has 0 spiro atoms. The van der Waals surface area contributed by atoms with Crippen molar-refractivity contribution in [3.63, 3.8) is 0 Å². The van der Waals surface area contributed by atoms with Gasteiger partial charge in [-0.3, -0.25) is 9.69 Å². The number of carbonyl (C=O) groups is 1. The average molecular weight is 508 g/mol. The number of ether oxygens (including phenoxy) is 6. The van der Waals surface area contributed by atoms with Gasteiger partial charge in [0.2, 0.25) is 12.5 Å². The molecule has 2 heterocycles. The summed E-state index contributed by atoms with van der Waals surface area (Å²) in [6.07, 6.45) is 0. The first-order valence-electron chi connectivity index (χ1n) is 11.9. The van der Waals surface area contributed by atoms with Crippen molar-refractivity contribution in [3.05, 3.63) is 70.8 Å². The van der Waals surface area contributed by atoms with Crippen LogP contribution in [0.4, 0.5) is 0 Å². The van der Waals surface area contributed by atoms with E-state index in [1.54, 1.807) is 21.3 Å². The Bertz CT molecular complexity index is 1300. The van der Waals surface area contributed by atoms with Crippen LogP contribution in [0.2, 0.25) is 0 Å². The summed E-state index contributed by atoms with van der Waals surface area (Å²) in [5.41, 5.74) is 3.60. The Hall–Kier alpha value is -4.11. The van der Waals surface area contributed by atoms with Crippen LogP contribution in [-0.2, 0) is 4.79 Å². The number of carboxylic acids is 1. The maximum absolute atomic E-state index is 12.2. The SMILES string of the molecule is CCOc1ccc2c(c1)[C@H](c1cc(OC)c(OC)c(OC)c1)N(CC(=O)O)[C@@H]2c1ccc2c(c1)OCO2. The van der Waals surface area contributed by atoms with Crippen molar-refractivity contribution < 1.29 is 38.3 Å². The number of hydrogen-bond donors (Lipinski definition) is 1. The molecule has 2 atom stereocenters. The maximum atomic E-state index is 12.2. The van der Waals surface area contributed by atoms with E-state index in [2.05, 4.69) is 0 Å². The van der Waals surface area contributed by atoms with Gasteiger partial charge in [0.1, 0.15) is 5.75 Å². The highest BCUT2D eigenvalue weighted by atomic mass is 16.7. The molecule has 37 heavy (non-hydrogen) atoms. The molecule has 0 aliphatic carbocycles. The lowest BCUT2D eigenvalue weighted by Crippen LogP contribution is -2.33. The summed E-state index contributed by atoms with van der Waals surface area (Å²) in [5, 5.41) is 9.98. The molecule has 5 rings (SSSR count). The number of nitrogens with zero attached hydrogens (tertiary/aromatic N) is 1. The summed E-state index contributed by atoms with van der Waals surface area (Å²) in [4.78, 5) is 14.1. The van der Waals surface area contributed by atoms with Crippen LogP contribution in [0.25, 0.3) is 0 Å². The van der Waals surface area contributed by atoms with Gasteiger partial charge in [-0.2, -0.15) is 0 Å². The van der Waals surface area contributed by atoms with Crippen molar-refractivity contribution in [2.75, 3.05) is 41.3 Å². The van der Waals surface area contributed by atoms with E-state index < -0.39 is 12.0 Å². The zero-order valence-electron chi connectivity index (χ0n) is 21.1. The molecule has 9 nitrogen and oxygen atoms in total. The fourth-order valence-corrected chi connectivity index (χ4v) is 5.22. The van der Waals surface area contributed by atoms with Crippen LogP contribution in [-0.4, -0.2) is 57.2 Å². The van der Waals surface area contributed by atoms with Gasteiger partial charge in [-0.15, -0.1) is 0 Å². The van der Waals surface area contributed by atoms with Crippen LogP contribution in [0.5, 0.6) is 34.5 Å². The number of carboxylic acid groups (broad SMARTS) is 1. The molecule has 0 saturated carbocycles. The normalized spacial score (nSPS) is 17.8. The molecule has 0 saturated heterocycles. The third kappa shape index (κ3) is 4.35. The van der Waals surface area contributed by atoms with Gasteiger partial charge in [0.05, 0.1) is 46.6 Å². The molecule has 0 bridgehead atoms. The second-order valence-corrected chi connectivity index (χ2v) is 8.67. The van der Waals surface area contributed by atoms with Crippen LogP contribution in [0.1, 0.15) is 41.3 Å². The summed E-state index contributed by atoms with van der Waals surface area (Å²) >= 11 is 0. The topological polar surface area (TPSA) is 95.9 Å². The first-order chi connectivity index (χ1) is 18.0. The predicted molar refractivity (Wildman–Crippen MR) is 134 cm³/mol. The lowest BCUT2D eigenvalue weighted by molar-refractivity contribution is -0.139. The molecule has 0 amide bonds. The molecule has 0 radical (unpaired) electrons. The van der Waals surface area contributed by atoms with Gasteiger partial charge in [-0.25, -0.2) is 0 Å². The monoisotopic (exact) mass is 507 g/mol. The van der Waals surface area contributed by atoms with Crippen molar-refractivity contribution in [2.24, 2.45) is 0 Å². The molecule has 1 N–H and O–H groups in total. The minimum absolute atomic E-state index is 0.157. The summed E-state index contributed by atoms with van der Waals surface area (Å²) < 4.78 is 33.7. The molecule has 194 valence electrons. The number of benzene rings is 3. The quantitative estimate of drug-likeness (QED) is 0.452. The fourth-order valence-electron chi connectivity index (χ4n) is 5.22. The third-order valence-corrected chi connectivity index (χ3v) is 6.65. The van der Waals surface area contributed by atoms with Crippen molar-refractivity contribution in [2.45, 2.75) is 19.0 Å². The molecule has 9 heteroatoms. The van der Waals surface area contributed by atoms with E-state index in [1.807, 2.05) is 60.4 Å². The Labute approximate surface area is 215 Å². The standard InChI is InChI=1S/C28H29NO8/c1-5-35-18-7-8-19-20(13-18)27(17-11-23(32-2)28(34-4)24(12-17)33-3)29(14-25(30)31)26(19)16-6-9-21-22(10-16)37-15-36-21/h6-13,26-27H,5,14-15H2,1-4H3,(H,30,31)/t26-,27+/m1/s1. The summed E-state index contributed by atoms with van der Waals surface area (Å²) in [6.45, 7) is 2.39. The van der Waals surface area contributed by atoms with E-state index >= 15 is 0 Å². The second-order valence-electron chi connectivity index (χ2n) is 8.67. The summed E-state index contributed by atoms with van der Waals surface area (Å²) in [7, 11) is 4.66. The molecule has 3 aromatic rings. The van der Waals surface area contributed by atoms with Crippen LogP contribution in [0.15, 0.2) is 48.5 Å². The van der Waals surface area contributed by atoms with Gasteiger partial charge in [0.25, 0.3) is 0 Å². The molecule has 0 fully saturated rings. The summed E-state index contributed by atoms with van der Waals surface area (Å²) in [5.74, 6) is 2.51. The van der Waals surface area contributed by atoms with Gasteiger partial charge in [-0.05, 0) is 65.6 Å². The number of methoxy groups -OCH3 is 3. The highest BCUT2D eigenvalue weighted by molar-refractivity contribution is 5.70. The van der Waals surface area contributed by atoms with Crippen LogP contribution in [0, 0.1) is 0 Å². The first kappa shape index (κ1) is 24.6. The predicted octanol–water partition coefficient (Wildman–Crippen LogP) is 4.42.